The van der Waals surface area contributed by atoms with Crippen LogP contribution in [0.25, 0.3) is 0 Å². The number of carbonyl (C=O) groups excluding carboxylic acids is 1. The van der Waals surface area contributed by atoms with Crippen LogP contribution in [0, 0.1) is 0 Å². The summed E-state index contributed by atoms with van der Waals surface area (Å²) in [6.45, 7) is 0.281. The number of amides is 1. The molecule has 1 aliphatic rings. The van der Waals surface area contributed by atoms with Gasteiger partial charge in [-0.3, -0.25) is 4.79 Å². The second-order valence-electron chi connectivity index (χ2n) is 4.87. The van der Waals surface area contributed by atoms with Gasteiger partial charge < -0.3 is 14.4 Å². The highest BCUT2D eigenvalue weighted by atomic mass is 79.9. The van der Waals surface area contributed by atoms with Crippen LogP contribution in [0.4, 0.5) is 0 Å². The van der Waals surface area contributed by atoms with E-state index in [0.717, 1.165) is 11.1 Å². The van der Waals surface area contributed by atoms with Gasteiger partial charge in [0.1, 0.15) is 6.04 Å². The average Bonchev–Trinajstić information content (AvgIpc) is 2.91. The highest BCUT2D eigenvalue weighted by molar-refractivity contribution is 9.10. The van der Waals surface area contributed by atoms with Crippen molar-refractivity contribution < 1.29 is 19.1 Å². The van der Waals surface area contributed by atoms with E-state index < -0.39 is 12.0 Å². The third kappa shape index (κ3) is 2.47. The Morgan fingerprint density at radius 1 is 1.24 bits per heavy atom. The number of carboxylic acids is 1. The molecule has 0 aliphatic carbocycles. The van der Waals surface area contributed by atoms with Crippen molar-refractivity contribution in [3.63, 3.8) is 0 Å². The van der Waals surface area contributed by atoms with E-state index >= 15 is 0 Å². The molecule has 3 rings (SSSR count). The fourth-order valence-electron chi connectivity index (χ4n) is 2.56. The van der Waals surface area contributed by atoms with Gasteiger partial charge in [0.25, 0.3) is 5.91 Å². The largest absolute Gasteiger partial charge is 0.480 e. The summed E-state index contributed by atoms with van der Waals surface area (Å²) < 4.78 is 5.38. The second kappa shape index (κ2) is 5.37. The Labute approximate surface area is 129 Å². The Morgan fingerprint density at radius 3 is 2.57 bits per heavy atom. The van der Waals surface area contributed by atoms with Crippen molar-refractivity contribution in [2.45, 2.75) is 19.0 Å². The van der Waals surface area contributed by atoms with Gasteiger partial charge in [-0.05, 0) is 33.1 Å². The van der Waals surface area contributed by atoms with Gasteiger partial charge in [-0.15, -0.1) is 0 Å². The van der Waals surface area contributed by atoms with Gasteiger partial charge in [-0.1, -0.05) is 24.3 Å². The third-order valence-corrected chi connectivity index (χ3v) is 4.26. The van der Waals surface area contributed by atoms with Crippen LogP contribution in [-0.4, -0.2) is 27.9 Å². The van der Waals surface area contributed by atoms with Crippen LogP contribution >= 0.6 is 15.9 Å². The molecule has 2 heterocycles. The molecule has 0 radical (unpaired) electrons. The predicted molar refractivity (Wildman–Crippen MR) is 77.9 cm³/mol. The number of halogens is 1. The third-order valence-electron chi connectivity index (χ3n) is 3.64. The van der Waals surface area contributed by atoms with E-state index in [2.05, 4.69) is 15.9 Å². The van der Waals surface area contributed by atoms with Gasteiger partial charge in [0, 0.05) is 13.0 Å². The molecule has 5 nitrogen and oxygen atoms in total. The molecule has 6 heteroatoms. The van der Waals surface area contributed by atoms with Gasteiger partial charge in [0.15, 0.2) is 4.67 Å². The molecule has 0 saturated carbocycles. The highest BCUT2D eigenvalue weighted by Crippen LogP contribution is 2.27. The first-order valence-corrected chi connectivity index (χ1v) is 7.21. The maximum absolute atomic E-state index is 12.6. The van der Waals surface area contributed by atoms with E-state index in [0.29, 0.717) is 16.7 Å². The van der Waals surface area contributed by atoms with Crippen LogP contribution < -0.4 is 0 Å². The fraction of sp³-hybridized carbons (Fsp3) is 0.200. The van der Waals surface area contributed by atoms with Crippen molar-refractivity contribution in [1.29, 1.82) is 0 Å². The van der Waals surface area contributed by atoms with Crippen molar-refractivity contribution in [3.8, 4) is 0 Å². The summed E-state index contributed by atoms with van der Waals surface area (Å²) >= 11 is 3.16. The molecule has 21 heavy (non-hydrogen) atoms. The van der Waals surface area contributed by atoms with Crippen molar-refractivity contribution >= 4 is 27.8 Å². The average molecular weight is 350 g/mol. The number of benzene rings is 1. The minimum atomic E-state index is -1.00. The summed E-state index contributed by atoms with van der Waals surface area (Å²) in [6, 6.07) is 8.25. The SMILES string of the molecule is O=C(O)[C@@H]1Cc2ccccc2CN1C(=O)c1ccoc1Br. The molecule has 0 spiro atoms. The molecule has 0 fully saturated rings. The zero-order valence-electron chi connectivity index (χ0n) is 11.0. The number of carbonyl (C=O) groups is 2. The first kappa shape index (κ1) is 13.9. The van der Waals surface area contributed by atoms with Gasteiger partial charge >= 0.3 is 5.97 Å². The number of carboxylic acid groups (broad SMARTS) is 1. The number of nitrogens with zero attached hydrogens (tertiary/aromatic N) is 1. The highest BCUT2D eigenvalue weighted by Gasteiger charge is 2.35. The summed E-state index contributed by atoms with van der Waals surface area (Å²) in [5.41, 5.74) is 2.28. The lowest BCUT2D eigenvalue weighted by Gasteiger charge is -2.34. The molecule has 1 aromatic heterocycles. The topological polar surface area (TPSA) is 70.8 Å². The Kier molecular flexibility index (Phi) is 3.55. The number of hydrogen-bond acceptors (Lipinski definition) is 3. The van der Waals surface area contributed by atoms with E-state index in [9.17, 15) is 14.7 Å². The molecular weight excluding hydrogens is 338 g/mol. The van der Waals surface area contributed by atoms with Gasteiger partial charge in [-0.25, -0.2) is 4.79 Å². The molecule has 108 valence electrons. The van der Waals surface area contributed by atoms with Crippen molar-refractivity contribution in [3.05, 3.63) is 58.0 Å². The van der Waals surface area contributed by atoms with E-state index in [1.807, 2.05) is 24.3 Å². The lowest BCUT2D eigenvalue weighted by atomic mass is 9.93. The summed E-state index contributed by atoms with van der Waals surface area (Å²) in [6.07, 6.45) is 1.71. The zero-order valence-corrected chi connectivity index (χ0v) is 12.5. The number of hydrogen-bond donors (Lipinski definition) is 1. The molecule has 0 unspecified atom stereocenters. The van der Waals surface area contributed by atoms with Crippen molar-refractivity contribution in [1.82, 2.24) is 4.90 Å². The number of rotatable bonds is 2. The molecule has 1 aliphatic heterocycles. The quantitative estimate of drug-likeness (QED) is 0.904. The summed E-state index contributed by atoms with van der Waals surface area (Å²) in [5.74, 6) is -1.35. The van der Waals surface area contributed by atoms with Gasteiger partial charge in [0.2, 0.25) is 0 Å². The molecule has 0 bridgehead atoms. The molecule has 2 aromatic rings. The normalized spacial score (nSPS) is 17.4. The summed E-state index contributed by atoms with van der Waals surface area (Å²) in [4.78, 5) is 25.5. The lowest BCUT2D eigenvalue weighted by molar-refractivity contribution is -0.142. The number of aliphatic carboxylic acids is 1. The number of furan rings is 1. The van der Waals surface area contributed by atoms with E-state index in [4.69, 9.17) is 4.42 Å². The Morgan fingerprint density at radius 2 is 1.95 bits per heavy atom. The van der Waals surface area contributed by atoms with E-state index in [1.165, 1.54) is 17.2 Å². The minimum Gasteiger partial charge on any atom is -0.480 e. The lowest BCUT2D eigenvalue weighted by Crippen LogP contribution is -2.48. The molecular formula is C15H12BrNO4. The Bertz CT molecular complexity index is 709. The van der Waals surface area contributed by atoms with Crippen molar-refractivity contribution in [2.75, 3.05) is 0 Å². The van der Waals surface area contributed by atoms with E-state index in [1.54, 1.807) is 0 Å². The first-order chi connectivity index (χ1) is 10.1. The fourth-order valence-corrected chi connectivity index (χ4v) is 2.97. The molecule has 1 N–H and O–H groups in total. The van der Waals surface area contributed by atoms with Crippen LogP contribution in [-0.2, 0) is 17.8 Å². The maximum atomic E-state index is 12.6. The Hall–Kier alpha value is -2.08. The molecule has 0 saturated heterocycles. The van der Waals surface area contributed by atoms with Gasteiger partial charge in [0.05, 0.1) is 11.8 Å². The van der Waals surface area contributed by atoms with Crippen LogP contribution in [0.2, 0.25) is 0 Å². The van der Waals surface area contributed by atoms with Crippen molar-refractivity contribution in [2.24, 2.45) is 0 Å². The van der Waals surface area contributed by atoms with Crippen LogP contribution in [0.5, 0.6) is 0 Å². The molecule has 1 aromatic carbocycles. The minimum absolute atomic E-state index is 0.281. The van der Waals surface area contributed by atoms with Crippen LogP contribution in [0.15, 0.2) is 45.7 Å². The van der Waals surface area contributed by atoms with Crippen LogP contribution in [0.1, 0.15) is 21.5 Å². The van der Waals surface area contributed by atoms with Crippen LogP contribution in [0.3, 0.4) is 0 Å². The maximum Gasteiger partial charge on any atom is 0.326 e. The number of fused-ring (bicyclic) bond motifs is 1. The Balaban J connectivity index is 1.98. The molecule has 1 amide bonds. The standard InChI is InChI=1S/C15H12BrNO4/c16-13-11(5-6-21-13)14(18)17-8-10-4-2-1-3-9(10)7-12(17)15(19)20/h1-6,12H,7-8H2,(H,19,20)/t12-/m0/s1. The predicted octanol–water partition coefficient (Wildman–Crippen LogP) is 2.69. The summed E-state index contributed by atoms with van der Waals surface area (Å²) in [5, 5.41) is 9.42. The molecule has 1 atom stereocenters. The zero-order chi connectivity index (χ0) is 15.0. The van der Waals surface area contributed by atoms with E-state index in [-0.39, 0.29) is 12.5 Å². The second-order valence-corrected chi connectivity index (χ2v) is 5.59. The first-order valence-electron chi connectivity index (χ1n) is 6.41. The van der Waals surface area contributed by atoms with Gasteiger partial charge in [-0.2, -0.15) is 0 Å². The smallest absolute Gasteiger partial charge is 0.326 e. The summed E-state index contributed by atoms with van der Waals surface area (Å²) in [7, 11) is 0. The monoisotopic (exact) mass is 349 g/mol.